The maximum absolute atomic E-state index is 12.9. The molecule has 6 heteroatoms. The highest BCUT2D eigenvalue weighted by atomic mass is 19.1. The molecule has 0 radical (unpaired) electrons. The highest BCUT2D eigenvalue weighted by Crippen LogP contribution is 2.38. The monoisotopic (exact) mass is 252 g/mol. The van der Waals surface area contributed by atoms with Crippen LogP contribution in [0.3, 0.4) is 0 Å². The second-order valence-electron chi connectivity index (χ2n) is 4.39. The van der Waals surface area contributed by atoms with Crippen LogP contribution in [-0.2, 0) is 15.0 Å². The van der Waals surface area contributed by atoms with Gasteiger partial charge < -0.3 is 10.4 Å². The predicted octanol–water partition coefficient (Wildman–Crippen LogP) is 0.842. The van der Waals surface area contributed by atoms with Crippen molar-refractivity contribution in [1.82, 2.24) is 10.3 Å². The van der Waals surface area contributed by atoms with Gasteiger partial charge in [-0.3, -0.25) is 9.78 Å². The summed E-state index contributed by atoms with van der Waals surface area (Å²) in [7, 11) is 0. The maximum atomic E-state index is 12.9. The number of pyridine rings is 1. The van der Waals surface area contributed by atoms with Crippen LogP contribution < -0.4 is 5.32 Å². The van der Waals surface area contributed by atoms with Crippen molar-refractivity contribution >= 4 is 11.9 Å². The molecule has 1 saturated heterocycles. The van der Waals surface area contributed by atoms with Crippen LogP contribution in [0, 0.1) is 5.82 Å². The van der Waals surface area contributed by atoms with Gasteiger partial charge in [-0.15, -0.1) is 0 Å². The van der Waals surface area contributed by atoms with Crippen molar-refractivity contribution in [2.75, 3.05) is 0 Å². The van der Waals surface area contributed by atoms with Crippen molar-refractivity contribution in [2.45, 2.75) is 31.2 Å². The van der Waals surface area contributed by atoms with Crippen LogP contribution in [0.1, 0.15) is 25.5 Å². The third-order valence-electron chi connectivity index (χ3n) is 3.45. The van der Waals surface area contributed by atoms with E-state index in [0.29, 0.717) is 12.1 Å². The Balaban J connectivity index is 2.49. The fourth-order valence-corrected chi connectivity index (χ4v) is 2.46. The molecule has 0 spiro atoms. The van der Waals surface area contributed by atoms with Crippen LogP contribution >= 0.6 is 0 Å². The molecule has 1 aliphatic heterocycles. The van der Waals surface area contributed by atoms with E-state index in [0.717, 1.165) is 6.20 Å². The Morgan fingerprint density at radius 1 is 1.67 bits per heavy atom. The van der Waals surface area contributed by atoms with E-state index in [1.54, 1.807) is 6.92 Å². The van der Waals surface area contributed by atoms with Crippen molar-refractivity contribution in [3.8, 4) is 0 Å². The first-order valence-electron chi connectivity index (χ1n) is 5.64. The molecular formula is C12H13FN2O3. The van der Waals surface area contributed by atoms with Gasteiger partial charge in [-0.2, -0.15) is 0 Å². The number of rotatable bonds is 3. The molecule has 1 aromatic rings. The molecule has 96 valence electrons. The Kier molecular flexibility index (Phi) is 3.02. The smallest absolute Gasteiger partial charge is 0.327 e. The Labute approximate surface area is 103 Å². The van der Waals surface area contributed by atoms with E-state index in [2.05, 4.69) is 10.3 Å². The molecule has 1 amide bonds. The van der Waals surface area contributed by atoms with Crippen molar-refractivity contribution in [3.63, 3.8) is 0 Å². The van der Waals surface area contributed by atoms with E-state index in [9.17, 15) is 19.1 Å². The van der Waals surface area contributed by atoms with Gasteiger partial charge in [-0.05, 0) is 18.6 Å². The lowest BCUT2D eigenvalue weighted by molar-refractivity contribution is -0.141. The Morgan fingerprint density at radius 2 is 2.39 bits per heavy atom. The minimum Gasteiger partial charge on any atom is -0.480 e. The standard InChI is InChI=1S/C12H13FN2O3/c1-2-12(8-4-3-7(13)6-14-8)5-9(16)15-10(12)11(17)18/h3-4,6,10H,2,5H2,1H3,(H,15,16)(H,17,18). The van der Waals surface area contributed by atoms with Crippen molar-refractivity contribution < 1.29 is 19.1 Å². The number of aliphatic carboxylic acids is 1. The van der Waals surface area contributed by atoms with Gasteiger partial charge in [0, 0.05) is 12.1 Å². The Hall–Kier alpha value is -1.98. The molecule has 2 atom stereocenters. The molecule has 2 rings (SSSR count). The van der Waals surface area contributed by atoms with E-state index >= 15 is 0 Å². The summed E-state index contributed by atoms with van der Waals surface area (Å²) in [5, 5.41) is 11.6. The molecule has 1 aliphatic rings. The average Bonchev–Trinajstić information content (AvgIpc) is 2.68. The molecule has 0 aromatic carbocycles. The fraction of sp³-hybridized carbons (Fsp3) is 0.417. The number of halogens is 1. The first-order valence-corrected chi connectivity index (χ1v) is 5.64. The summed E-state index contributed by atoms with van der Waals surface area (Å²) in [5.41, 5.74) is -0.478. The van der Waals surface area contributed by atoms with Crippen LogP contribution in [0.4, 0.5) is 4.39 Å². The van der Waals surface area contributed by atoms with Gasteiger partial charge in [0.2, 0.25) is 5.91 Å². The number of hydrogen-bond acceptors (Lipinski definition) is 3. The zero-order valence-electron chi connectivity index (χ0n) is 9.81. The van der Waals surface area contributed by atoms with Crippen molar-refractivity contribution in [3.05, 3.63) is 29.8 Å². The summed E-state index contributed by atoms with van der Waals surface area (Å²) in [5.74, 6) is -1.92. The molecular weight excluding hydrogens is 239 g/mol. The number of carbonyl (C=O) groups excluding carboxylic acids is 1. The number of hydrogen-bond donors (Lipinski definition) is 2. The van der Waals surface area contributed by atoms with Gasteiger partial charge in [0.1, 0.15) is 11.9 Å². The lowest BCUT2D eigenvalue weighted by Gasteiger charge is -2.29. The van der Waals surface area contributed by atoms with Crippen LogP contribution in [0.2, 0.25) is 0 Å². The number of nitrogens with zero attached hydrogens (tertiary/aromatic N) is 1. The Bertz CT molecular complexity index is 489. The zero-order valence-corrected chi connectivity index (χ0v) is 9.81. The SMILES string of the molecule is CCC1(c2ccc(F)cn2)CC(=O)NC1C(=O)O. The lowest BCUT2D eigenvalue weighted by Crippen LogP contribution is -2.46. The summed E-state index contributed by atoms with van der Waals surface area (Å²) >= 11 is 0. The molecule has 2 heterocycles. The normalized spacial score (nSPS) is 27.0. The first-order chi connectivity index (χ1) is 8.49. The van der Waals surface area contributed by atoms with Gasteiger partial charge in [0.05, 0.1) is 11.6 Å². The molecule has 0 saturated carbocycles. The largest absolute Gasteiger partial charge is 0.480 e. The van der Waals surface area contributed by atoms with Gasteiger partial charge >= 0.3 is 5.97 Å². The third kappa shape index (κ3) is 1.83. The summed E-state index contributed by atoms with van der Waals surface area (Å²) < 4.78 is 12.9. The van der Waals surface area contributed by atoms with Crippen molar-refractivity contribution in [2.24, 2.45) is 0 Å². The van der Waals surface area contributed by atoms with Crippen LogP contribution in [0.5, 0.6) is 0 Å². The van der Waals surface area contributed by atoms with Crippen molar-refractivity contribution in [1.29, 1.82) is 0 Å². The topological polar surface area (TPSA) is 79.3 Å². The van der Waals surface area contributed by atoms with E-state index < -0.39 is 23.2 Å². The molecule has 18 heavy (non-hydrogen) atoms. The molecule has 5 nitrogen and oxygen atoms in total. The van der Waals surface area contributed by atoms with Gasteiger partial charge in [0.15, 0.2) is 0 Å². The zero-order chi connectivity index (χ0) is 13.3. The number of carbonyl (C=O) groups is 2. The fourth-order valence-electron chi connectivity index (χ4n) is 2.46. The number of carboxylic acid groups (broad SMARTS) is 1. The number of aromatic nitrogens is 1. The highest BCUT2D eigenvalue weighted by Gasteiger charge is 2.51. The van der Waals surface area contributed by atoms with E-state index in [1.807, 2.05) is 0 Å². The second kappa shape index (κ2) is 4.36. The molecule has 2 N–H and O–H groups in total. The summed E-state index contributed by atoms with van der Waals surface area (Å²) in [4.78, 5) is 26.7. The van der Waals surface area contributed by atoms with E-state index in [4.69, 9.17) is 0 Å². The minimum absolute atomic E-state index is 0.0547. The molecule has 0 aliphatic carbocycles. The lowest BCUT2D eigenvalue weighted by atomic mass is 9.74. The molecule has 0 bridgehead atoms. The molecule has 1 aromatic heterocycles. The first kappa shape index (κ1) is 12.5. The quantitative estimate of drug-likeness (QED) is 0.835. The summed E-state index contributed by atoms with van der Waals surface area (Å²) in [6.07, 6.45) is 1.52. The van der Waals surface area contributed by atoms with Gasteiger partial charge in [-0.1, -0.05) is 6.92 Å². The van der Waals surface area contributed by atoms with Gasteiger partial charge in [0.25, 0.3) is 0 Å². The molecule has 1 fully saturated rings. The van der Waals surface area contributed by atoms with E-state index in [-0.39, 0.29) is 12.3 Å². The van der Waals surface area contributed by atoms with Crippen LogP contribution in [-0.4, -0.2) is 28.0 Å². The van der Waals surface area contributed by atoms with Crippen LogP contribution in [0.25, 0.3) is 0 Å². The number of amides is 1. The second-order valence-corrected chi connectivity index (χ2v) is 4.39. The summed E-state index contributed by atoms with van der Waals surface area (Å²) in [6.45, 7) is 1.79. The van der Waals surface area contributed by atoms with E-state index in [1.165, 1.54) is 12.1 Å². The number of carboxylic acids is 1. The van der Waals surface area contributed by atoms with Gasteiger partial charge in [-0.25, -0.2) is 9.18 Å². The minimum atomic E-state index is -1.10. The average molecular weight is 252 g/mol. The predicted molar refractivity (Wildman–Crippen MR) is 60.3 cm³/mol. The third-order valence-corrected chi connectivity index (χ3v) is 3.45. The highest BCUT2D eigenvalue weighted by molar-refractivity contribution is 5.90. The maximum Gasteiger partial charge on any atom is 0.327 e. The Morgan fingerprint density at radius 3 is 2.89 bits per heavy atom. The summed E-state index contributed by atoms with van der Waals surface area (Å²) in [6, 6.07) is 1.64. The molecule has 2 unspecified atom stereocenters. The van der Waals surface area contributed by atoms with Crippen LogP contribution in [0.15, 0.2) is 18.3 Å². The number of nitrogens with one attached hydrogen (secondary N) is 1.